The fourth-order valence-corrected chi connectivity index (χ4v) is 4.45. The molecule has 10 heteroatoms. The van der Waals surface area contributed by atoms with Crippen molar-refractivity contribution in [3.05, 3.63) is 34.9 Å². The summed E-state index contributed by atoms with van der Waals surface area (Å²) in [5.74, 6) is 0.104. The molecule has 0 unspecified atom stereocenters. The number of hydrogen-bond acceptors (Lipinski definition) is 6. The summed E-state index contributed by atoms with van der Waals surface area (Å²) in [6, 6.07) is 7.60. The van der Waals surface area contributed by atoms with Crippen molar-refractivity contribution in [3.8, 4) is 0 Å². The molecular weight excluding hydrogens is 460 g/mol. The molecule has 9 nitrogen and oxygen atoms in total. The number of alkyl carbamates (subject to hydrolysis) is 1. The number of amides is 3. The van der Waals surface area contributed by atoms with Gasteiger partial charge < -0.3 is 35.1 Å². The first-order valence-corrected chi connectivity index (χ1v) is 12.2. The first kappa shape index (κ1) is 28.2. The molecule has 0 radical (unpaired) electrons. The lowest BCUT2D eigenvalue weighted by atomic mass is 9.88. The van der Waals surface area contributed by atoms with Crippen LogP contribution >= 0.6 is 11.6 Å². The highest BCUT2D eigenvalue weighted by atomic mass is 35.5. The lowest BCUT2D eigenvalue weighted by Gasteiger charge is -2.37. The molecule has 0 spiro atoms. The Morgan fingerprint density at radius 3 is 2.79 bits per heavy atom. The number of hydrogen-bond donors (Lipinski definition) is 3. The summed E-state index contributed by atoms with van der Waals surface area (Å²) in [6.45, 7) is 3.31. The normalized spacial score (nSPS) is 17.6. The van der Waals surface area contributed by atoms with Crippen molar-refractivity contribution in [2.45, 2.75) is 37.8 Å². The van der Waals surface area contributed by atoms with Gasteiger partial charge in [0.15, 0.2) is 0 Å². The Kier molecular flexibility index (Phi) is 13.1. The van der Waals surface area contributed by atoms with Crippen LogP contribution in [0.25, 0.3) is 0 Å². The van der Waals surface area contributed by atoms with E-state index in [0.717, 1.165) is 31.2 Å². The summed E-state index contributed by atoms with van der Waals surface area (Å²) in [5, 5.41) is 9.59. The number of benzene rings is 1. The predicted molar refractivity (Wildman–Crippen MR) is 132 cm³/mol. The van der Waals surface area contributed by atoms with Gasteiger partial charge in [0, 0.05) is 56.9 Å². The Hall–Kier alpha value is -2.07. The number of nitrogens with one attached hydrogen (secondary N) is 3. The predicted octanol–water partition coefficient (Wildman–Crippen LogP) is 3.19. The zero-order valence-corrected chi connectivity index (χ0v) is 21.2. The van der Waals surface area contributed by atoms with E-state index in [1.807, 2.05) is 36.2 Å². The van der Waals surface area contributed by atoms with Crippen molar-refractivity contribution in [2.75, 3.05) is 60.7 Å². The van der Waals surface area contributed by atoms with Gasteiger partial charge in [-0.3, -0.25) is 0 Å². The molecule has 1 aliphatic rings. The van der Waals surface area contributed by atoms with E-state index in [-0.39, 0.29) is 24.1 Å². The number of carbonyl (C=O) groups excluding carboxylic acids is 2. The molecule has 1 aliphatic heterocycles. The number of methoxy groups -OCH3 is 2. The minimum Gasteiger partial charge on any atom is -0.453 e. The maximum atomic E-state index is 13.1. The summed E-state index contributed by atoms with van der Waals surface area (Å²) in [7, 11) is 4.89. The second kappa shape index (κ2) is 15.8. The molecule has 192 valence electrons. The molecule has 2 rings (SSSR count). The van der Waals surface area contributed by atoms with E-state index in [0.29, 0.717) is 44.4 Å². The van der Waals surface area contributed by atoms with E-state index >= 15 is 0 Å². The van der Waals surface area contributed by atoms with Gasteiger partial charge in [-0.25, -0.2) is 9.59 Å². The lowest BCUT2D eigenvalue weighted by molar-refractivity contribution is -0.00862. The van der Waals surface area contributed by atoms with E-state index < -0.39 is 6.09 Å². The maximum absolute atomic E-state index is 13.1. The largest absolute Gasteiger partial charge is 0.453 e. The Balaban J connectivity index is 2.03. The number of urea groups is 1. The Morgan fingerprint density at radius 1 is 1.26 bits per heavy atom. The molecule has 3 atom stereocenters. The second-order valence-corrected chi connectivity index (χ2v) is 8.89. The molecule has 0 saturated carbocycles. The van der Waals surface area contributed by atoms with E-state index in [2.05, 4.69) is 20.7 Å². The summed E-state index contributed by atoms with van der Waals surface area (Å²) in [6.07, 6.45) is 2.81. The van der Waals surface area contributed by atoms with Crippen LogP contribution in [0.15, 0.2) is 24.3 Å². The van der Waals surface area contributed by atoms with Gasteiger partial charge >= 0.3 is 12.1 Å². The van der Waals surface area contributed by atoms with Gasteiger partial charge in [-0.05, 0) is 50.4 Å². The topological polar surface area (TPSA) is 101 Å². The van der Waals surface area contributed by atoms with Crippen LogP contribution in [0.5, 0.6) is 0 Å². The minimum atomic E-state index is -0.495. The van der Waals surface area contributed by atoms with E-state index in [9.17, 15) is 9.59 Å². The van der Waals surface area contributed by atoms with Crippen LogP contribution in [0.1, 0.15) is 37.4 Å². The van der Waals surface area contributed by atoms with Crippen molar-refractivity contribution in [1.29, 1.82) is 0 Å². The van der Waals surface area contributed by atoms with Gasteiger partial charge in [-0.1, -0.05) is 23.7 Å². The van der Waals surface area contributed by atoms with Crippen molar-refractivity contribution in [2.24, 2.45) is 5.92 Å². The smallest absolute Gasteiger partial charge is 0.406 e. The first-order valence-electron chi connectivity index (χ1n) is 11.9. The molecule has 1 saturated heterocycles. The number of halogens is 1. The number of likely N-dealkylation sites (tertiary alicyclic amines) is 1. The SMILES string of the molecule is CNC[C@H](CCCOC)NC(=O)N1CCC[C@@H]([C@@H](OCCNC(=O)OC)c2cccc(Cl)c2)C1. The highest BCUT2D eigenvalue weighted by Crippen LogP contribution is 2.34. The molecular formula is C24H39ClN4O5. The van der Waals surface area contributed by atoms with Crippen molar-refractivity contribution < 1.29 is 23.8 Å². The molecule has 0 aliphatic carbocycles. The zero-order valence-electron chi connectivity index (χ0n) is 20.5. The molecule has 0 aromatic heterocycles. The molecule has 1 fully saturated rings. The fraction of sp³-hybridized carbons (Fsp3) is 0.667. The van der Waals surface area contributed by atoms with Crippen LogP contribution in [-0.4, -0.2) is 83.7 Å². The Labute approximate surface area is 207 Å². The molecule has 34 heavy (non-hydrogen) atoms. The average Bonchev–Trinajstić information content (AvgIpc) is 2.84. The third-order valence-electron chi connectivity index (χ3n) is 5.88. The molecule has 1 aromatic carbocycles. The highest BCUT2D eigenvalue weighted by molar-refractivity contribution is 6.30. The zero-order chi connectivity index (χ0) is 24.8. The van der Waals surface area contributed by atoms with Gasteiger partial charge in [0.25, 0.3) is 0 Å². The van der Waals surface area contributed by atoms with Crippen LogP contribution in [0.3, 0.4) is 0 Å². The average molecular weight is 499 g/mol. The fourth-order valence-electron chi connectivity index (χ4n) is 4.25. The van der Waals surface area contributed by atoms with Gasteiger partial charge in [0.05, 0.1) is 19.8 Å². The number of nitrogens with zero attached hydrogens (tertiary/aromatic N) is 1. The first-order chi connectivity index (χ1) is 16.5. The lowest BCUT2D eigenvalue weighted by Crippen LogP contribution is -2.51. The van der Waals surface area contributed by atoms with Crippen LogP contribution in [0.2, 0.25) is 5.02 Å². The quantitative estimate of drug-likeness (QED) is 0.361. The highest BCUT2D eigenvalue weighted by Gasteiger charge is 2.32. The minimum absolute atomic E-state index is 0.0393. The van der Waals surface area contributed by atoms with E-state index in [1.165, 1.54) is 7.11 Å². The number of likely N-dealkylation sites (N-methyl/N-ethyl adjacent to an activating group) is 1. The summed E-state index contributed by atoms with van der Waals surface area (Å²) in [5.41, 5.74) is 0.963. The van der Waals surface area contributed by atoms with E-state index in [1.54, 1.807) is 7.11 Å². The van der Waals surface area contributed by atoms with Crippen molar-refractivity contribution in [3.63, 3.8) is 0 Å². The Bertz CT molecular complexity index is 754. The van der Waals surface area contributed by atoms with E-state index in [4.69, 9.17) is 21.1 Å². The third kappa shape index (κ3) is 9.66. The van der Waals surface area contributed by atoms with Gasteiger partial charge in [0.2, 0.25) is 0 Å². The number of piperidine rings is 1. The standard InChI is InChI=1S/C24H39ClN4O5/c1-26-16-21(10-6-13-32-2)28-23(30)29-12-5-8-19(17-29)22(18-7-4-9-20(25)15-18)34-14-11-27-24(31)33-3/h4,7,9,15,19,21-22,26H,5-6,8,10-14,16-17H2,1-3H3,(H,27,31)(H,28,30)/t19-,21+,22+/m1/s1. The number of ether oxygens (including phenoxy) is 3. The monoisotopic (exact) mass is 498 g/mol. The van der Waals surface area contributed by atoms with Crippen LogP contribution in [0.4, 0.5) is 9.59 Å². The van der Waals surface area contributed by atoms with Crippen molar-refractivity contribution in [1.82, 2.24) is 20.9 Å². The molecule has 1 heterocycles. The van der Waals surface area contributed by atoms with Crippen LogP contribution < -0.4 is 16.0 Å². The number of carbonyl (C=O) groups is 2. The molecule has 3 amide bonds. The third-order valence-corrected chi connectivity index (χ3v) is 6.12. The van der Waals surface area contributed by atoms with Gasteiger partial charge in [-0.2, -0.15) is 0 Å². The molecule has 1 aromatic rings. The van der Waals surface area contributed by atoms with Crippen molar-refractivity contribution >= 4 is 23.7 Å². The summed E-state index contributed by atoms with van der Waals surface area (Å²) < 4.78 is 16.0. The van der Waals surface area contributed by atoms with Crippen LogP contribution in [0, 0.1) is 5.92 Å². The molecule has 0 bridgehead atoms. The van der Waals surface area contributed by atoms with Gasteiger partial charge in [0.1, 0.15) is 0 Å². The van der Waals surface area contributed by atoms with Gasteiger partial charge in [-0.15, -0.1) is 0 Å². The second-order valence-electron chi connectivity index (χ2n) is 8.45. The summed E-state index contributed by atoms with van der Waals surface area (Å²) in [4.78, 5) is 26.3. The maximum Gasteiger partial charge on any atom is 0.406 e. The summed E-state index contributed by atoms with van der Waals surface area (Å²) >= 11 is 6.25. The Morgan fingerprint density at radius 2 is 2.09 bits per heavy atom. The number of rotatable bonds is 13. The molecule has 3 N–H and O–H groups in total. The van der Waals surface area contributed by atoms with Crippen LogP contribution in [-0.2, 0) is 14.2 Å².